The highest BCUT2D eigenvalue weighted by Crippen LogP contribution is 2.35. The number of ether oxygens (including phenoxy) is 1. The van der Waals surface area contributed by atoms with E-state index >= 15 is 0 Å². The fraction of sp³-hybridized carbons (Fsp3) is 0.357. The molecule has 0 radical (unpaired) electrons. The lowest BCUT2D eigenvalue weighted by molar-refractivity contribution is -0.137. The number of aromatic nitrogens is 5. The Balaban J connectivity index is 1.68. The van der Waals surface area contributed by atoms with E-state index in [1.165, 1.54) is 29.5 Å². The van der Waals surface area contributed by atoms with Gasteiger partial charge < -0.3 is 24.6 Å². The SMILES string of the molecule is CCN(CC)c1ncc(-c2c(C)nsc2C)c(N[C@@H](Cc2ccc(-c3c(OC)ncn(C)c3=O)cc2)C(=O)O)n1. The number of nitrogens with one attached hydrogen (secondary N) is 1. The largest absolute Gasteiger partial charge is 0.480 e. The summed E-state index contributed by atoms with van der Waals surface area (Å²) in [5.74, 6) is 0.179. The van der Waals surface area contributed by atoms with Crippen molar-refractivity contribution in [3.8, 4) is 28.1 Å². The average Bonchev–Trinajstić information content (AvgIpc) is 3.28. The molecule has 0 aliphatic rings. The Labute approximate surface area is 236 Å². The zero-order valence-electron chi connectivity index (χ0n) is 23.4. The molecule has 4 rings (SSSR count). The van der Waals surface area contributed by atoms with Crippen LogP contribution < -0.4 is 20.5 Å². The van der Waals surface area contributed by atoms with Gasteiger partial charge in [0.15, 0.2) is 0 Å². The summed E-state index contributed by atoms with van der Waals surface area (Å²) >= 11 is 1.39. The standard InChI is InChI=1S/C28H33N7O4S/c1-7-35(8-2)28-29-14-20(22-16(3)33-40-17(22)4)24(32-28)31-21(27(37)38)13-18-9-11-19(12-10-18)23-25(39-6)30-15-34(5)26(23)36/h9-12,14-15,21H,7-8,13H2,1-6H3,(H,37,38)(H,29,31,32)/t21-/m0/s1. The quantitative estimate of drug-likeness (QED) is 0.276. The van der Waals surface area contributed by atoms with Gasteiger partial charge in [-0.2, -0.15) is 9.36 Å². The molecule has 0 bridgehead atoms. The molecule has 3 aromatic heterocycles. The van der Waals surface area contributed by atoms with Crippen LogP contribution in [-0.4, -0.2) is 61.2 Å². The third-order valence-corrected chi connectivity index (χ3v) is 7.55. The third kappa shape index (κ3) is 5.81. The Morgan fingerprint density at radius 3 is 2.42 bits per heavy atom. The zero-order valence-corrected chi connectivity index (χ0v) is 24.2. The minimum absolute atomic E-state index is 0.182. The van der Waals surface area contributed by atoms with Crippen molar-refractivity contribution in [2.45, 2.75) is 40.2 Å². The molecule has 0 spiro atoms. The second-order valence-electron chi connectivity index (χ2n) is 9.28. The molecule has 1 aromatic carbocycles. The summed E-state index contributed by atoms with van der Waals surface area (Å²) in [4.78, 5) is 41.7. The van der Waals surface area contributed by atoms with Gasteiger partial charge in [0.2, 0.25) is 11.8 Å². The number of benzene rings is 1. The smallest absolute Gasteiger partial charge is 0.326 e. The summed E-state index contributed by atoms with van der Waals surface area (Å²) < 4.78 is 11.1. The molecule has 0 saturated carbocycles. The van der Waals surface area contributed by atoms with E-state index in [0.29, 0.717) is 41.5 Å². The number of rotatable bonds is 11. The number of hydrogen-bond donors (Lipinski definition) is 2. The van der Waals surface area contributed by atoms with Crippen molar-refractivity contribution in [3.05, 3.63) is 63.3 Å². The monoisotopic (exact) mass is 563 g/mol. The van der Waals surface area contributed by atoms with E-state index in [9.17, 15) is 14.7 Å². The van der Waals surface area contributed by atoms with Crippen LogP contribution in [0.5, 0.6) is 5.88 Å². The second-order valence-corrected chi connectivity index (χ2v) is 10.3. The predicted octanol–water partition coefficient (Wildman–Crippen LogP) is 3.94. The van der Waals surface area contributed by atoms with Crippen LogP contribution in [0.2, 0.25) is 0 Å². The van der Waals surface area contributed by atoms with Crippen molar-refractivity contribution in [3.63, 3.8) is 0 Å². The van der Waals surface area contributed by atoms with E-state index in [1.807, 2.05) is 32.6 Å². The summed E-state index contributed by atoms with van der Waals surface area (Å²) in [6, 6.07) is 6.18. The van der Waals surface area contributed by atoms with Crippen molar-refractivity contribution in [2.24, 2.45) is 7.05 Å². The minimum atomic E-state index is -1.02. The molecule has 12 heteroatoms. The number of methoxy groups -OCH3 is 1. The number of carbonyl (C=O) groups is 1. The third-order valence-electron chi connectivity index (χ3n) is 6.71. The average molecular weight is 564 g/mol. The summed E-state index contributed by atoms with van der Waals surface area (Å²) in [5, 5.41) is 13.3. The summed E-state index contributed by atoms with van der Waals surface area (Å²) in [7, 11) is 3.09. The Hall–Kier alpha value is -4.32. The highest BCUT2D eigenvalue weighted by atomic mass is 32.1. The Bertz CT molecular complexity index is 1540. The normalized spacial score (nSPS) is 11.8. The van der Waals surface area contributed by atoms with Crippen LogP contribution in [0.1, 0.15) is 30.0 Å². The van der Waals surface area contributed by atoms with E-state index in [0.717, 1.165) is 21.7 Å². The van der Waals surface area contributed by atoms with Crippen LogP contribution in [-0.2, 0) is 18.3 Å². The minimum Gasteiger partial charge on any atom is -0.480 e. The summed E-state index contributed by atoms with van der Waals surface area (Å²) in [6.45, 7) is 9.36. The highest BCUT2D eigenvalue weighted by Gasteiger charge is 2.24. The van der Waals surface area contributed by atoms with Gasteiger partial charge in [0.1, 0.15) is 23.8 Å². The molecule has 0 aliphatic heterocycles. The number of hydrogen-bond acceptors (Lipinski definition) is 10. The number of aryl methyl sites for hydroxylation is 3. The van der Waals surface area contributed by atoms with Crippen molar-refractivity contribution in [1.29, 1.82) is 0 Å². The van der Waals surface area contributed by atoms with Crippen LogP contribution >= 0.6 is 11.5 Å². The van der Waals surface area contributed by atoms with E-state index in [2.05, 4.69) is 19.7 Å². The molecule has 1 atom stereocenters. The fourth-order valence-corrected chi connectivity index (χ4v) is 5.24. The highest BCUT2D eigenvalue weighted by molar-refractivity contribution is 7.06. The maximum absolute atomic E-state index is 12.7. The van der Waals surface area contributed by atoms with Gasteiger partial charge >= 0.3 is 5.97 Å². The Morgan fingerprint density at radius 2 is 1.85 bits per heavy atom. The van der Waals surface area contributed by atoms with Crippen molar-refractivity contribution in [1.82, 2.24) is 23.9 Å². The molecule has 4 aromatic rings. The van der Waals surface area contributed by atoms with Crippen LogP contribution in [0.3, 0.4) is 0 Å². The molecule has 3 heterocycles. The molecule has 40 heavy (non-hydrogen) atoms. The van der Waals surface area contributed by atoms with Gasteiger partial charge in [-0.25, -0.2) is 14.8 Å². The van der Waals surface area contributed by atoms with E-state index in [4.69, 9.17) is 9.72 Å². The number of nitrogens with zero attached hydrogens (tertiary/aromatic N) is 6. The zero-order chi connectivity index (χ0) is 29.0. The molecule has 0 saturated heterocycles. The first kappa shape index (κ1) is 28.7. The van der Waals surface area contributed by atoms with Gasteiger partial charge in [-0.05, 0) is 50.4 Å². The lowest BCUT2D eigenvalue weighted by Gasteiger charge is -2.22. The van der Waals surface area contributed by atoms with Gasteiger partial charge in [0.05, 0.1) is 12.8 Å². The molecule has 11 nitrogen and oxygen atoms in total. The number of carboxylic acid groups (broad SMARTS) is 1. The van der Waals surface area contributed by atoms with E-state index in [1.54, 1.807) is 37.5 Å². The first-order valence-corrected chi connectivity index (χ1v) is 13.7. The molecule has 0 aliphatic carbocycles. The number of anilines is 2. The molecule has 0 unspecified atom stereocenters. The first-order valence-electron chi connectivity index (χ1n) is 12.9. The van der Waals surface area contributed by atoms with Crippen LogP contribution in [0.25, 0.3) is 22.3 Å². The molecule has 0 amide bonds. The Kier molecular flexibility index (Phi) is 8.78. The van der Waals surface area contributed by atoms with Crippen LogP contribution in [0.4, 0.5) is 11.8 Å². The second kappa shape index (κ2) is 12.2. The van der Waals surface area contributed by atoms with Gasteiger partial charge in [-0.3, -0.25) is 4.79 Å². The first-order chi connectivity index (χ1) is 19.2. The van der Waals surface area contributed by atoms with Gasteiger partial charge in [0, 0.05) is 48.8 Å². The predicted molar refractivity (Wildman–Crippen MR) is 156 cm³/mol. The summed E-state index contributed by atoms with van der Waals surface area (Å²) in [5.41, 5.74) is 3.96. The fourth-order valence-electron chi connectivity index (χ4n) is 4.53. The molecular formula is C28H33N7O4S. The van der Waals surface area contributed by atoms with Crippen LogP contribution in [0, 0.1) is 13.8 Å². The lowest BCUT2D eigenvalue weighted by atomic mass is 10.0. The van der Waals surface area contributed by atoms with Gasteiger partial charge in [-0.15, -0.1) is 0 Å². The van der Waals surface area contributed by atoms with Crippen molar-refractivity contribution >= 4 is 29.3 Å². The van der Waals surface area contributed by atoms with Gasteiger partial charge in [-0.1, -0.05) is 24.3 Å². The van der Waals surface area contributed by atoms with Gasteiger partial charge in [0.25, 0.3) is 5.56 Å². The Morgan fingerprint density at radius 1 is 1.15 bits per heavy atom. The molecule has 210 valence electrons. The van der Waals surface area contributed by atoms with Crippen molar-refractivity contribution < 1.29 is 14.6 Å². The van der Waals surface area contributed by atoms with Crippen LogP contribution in [0.15, 0.2) is 41.6 Å². The van der Waals surface area contributed by atoms with E-state index < -0.39 is 12.0 Å². The molecular weight excluding hydrogens is 530 g/mol. The molecule has 0 fully saturated rings. The number of aliphatic carboxylic acids is 1. The lowest BCUT2D eigenvalue weighted by Crippen LogP contribution is -2.33. The maximum atomic E-state index is 12.7. The maximum Gasteiger partial charge on any atom is 0.326 e. The van der Waals surface area contributed by atoms with E-state index in [-0.39, 0.29) is 17.9 Å². The van der Waals surface area contributed by atoms with Crippen molar-refractivity contribution in [2.75, 3.05) is 30.4 Å². The topological polar surface area (TPSA) is 135 Å². The number of carboxylic acids is 1. The summed E-state index contributed by atoms with van der Waals surface area (Å²) in [6.07, 6.45) is 3.33. The molecule has 2 N–H and O–H groups in total.